The van der Waals surface area contributed by atoms with E-state index in [-0.39, 0.29) is 43.3 Å². The van der Waals surface area contributed by atoms with Crippen LogP contribution in [0.1, 0.15) is 260 Å². The van der Waals surface area contributed by atoms with Crippen molar-refractivity contribution in [2.24, 2.45) is 10.8 Å². The van der Waals surface area contributed by atoms with E-state index in [2.05, 4.69) is 251 Å². The summed E-state index contributed by atoms with van der Waals surface area (Å²) in [5.74, 6) is 82.8. The lowest BCUT2D eigenvalue weighted by atomic mass is 9.23. The van der Waals surface area contributed by atoms with Gasteiger partial charge < -0.3 is 0 Å². The van der Waals surface area contributed by atoms with Crippen LogP contribution >= 0.6 is 0 Å². The molecule has 92 heavy (non-hydrogen) atoms. The van der Waals surface area contributed by atoms with Gasteiger partial charge in [0, 0.05) is 66.8 Å². The highest BCUT2D eigenvalue weighted by molar-refractivity contribution is 5.61. The Kier molecular flexibility index (Phi) is 16.5. The summed E-state index contributed by atoms with van der Waals surface area (Å²) in [5.41, 5.74) is 17.3. The molecular weight excluding hydrogens is 1110 g/mol. The van der Waals surface area contributed by atoms with E-state index in [1.54, 1.807) is 0 Å². The molecule has 14 rings (SSSR count). The molecule has 0 spiro atoms. The van der Waals surface area contributed by atoms with Crippen LogP contribution in [0.2, 0.25) is 0 Å². The molecule has 0 aromatic heterocycles. The van der Waals surface area contributed by atoms with Gasteiger partial charge >= 0.3 is 0 Å². The van der Waals surface area contributed by atoms with Crippen molar-refractivity contribution in [1.29, 1.82) is 0 Å². The van der Waals surface area contributed by atoms with Gasteiger partial charge in [-0.2, -0.15) is 0 Å². The van der Waals surface area contributed by atoms with Crippen molar-refractivity contribution < 1.29 is 0 Å². The topological polar surface area (TPSA) is 0 Å². The Morgan fingerprint density at radius 3 is 0.370 bits per heavy atom. The van der Waals surface area contributed by atoms with Crippen LogP contribution in [0.3, 0.4) is 0 Å². The van der Waals surface area contributed by atoms with Gasteiger partial charge in [0.15, 0.2) is 0 Å². The van der Waals surface area contributed by atoms with E-state index < -0.39 is 0 Å². The van der Waals surface area contributed by atoms with Gasteiger partial charge in [-0.05, 0) is 346 Å². The van der Waals surface area contributed by atoms with Gasteiger partial charge in [-0.15, -0.1) is 71.0 Å². The zero-order chi connectivity index (χ0) is 64.6. The molecule has 0 saturated heterocycles. The molecule has 8 bridgehead atoms. The smallest absolute Gasteiger partial charge is 0.0260 e. The summed E-state index contributed by atoms with van der Waals surface area (Å²) in [4.78, 5) is 0. The molecule has 0 N–H and O–H groups in total. The molecule has 0 nitrogen and oxygen atoms in total. The lowest BCUT2D eigenvalue weighted by Crippen LogP contribution is -2.75. The summed E-state index contributed by atoms with van der Waals surface area (Å²) in [6, 6.07) is 42.8. The van der Waals surface area contributed by atoms with Crippen LogP contribution in [0.4, 0.5) is 0 Å². The molecule has 0 atom stereocenters. The number of benzene rings is 6. The second-order valence-electron chi connectivity index (χ2n) is 27.7. The molecule has 8 fully saturated rings. The third kappa shape index (κ3) is 10.8. The van der Waals surface area contributed by atoms with Crippen LogP contribution < -0.4 is 0 Å². The molecule has 6 aromatic rings. The van der Waals surface area contributed by atoms with Gasteiger partial charge in [-0.1, -0.05) is 71.0 Å². The Hall–Kier alpha value is -9.96. The van der Waals surface area contributed by atoms with Gasteiger partial charge in [0.1, 0.15) is 0 Å². The second kappa shape index (κ2) is 24.3. The highest BCUT2D eigenvalue weighted by atomic mass is 14.8. The van der Waals surface area contributed by atoms with Crippen LogP contribution in [-0.4, -0.2) is 0 Å². The zero-order valence-corrected chi connectivity index (χ0v) is 55.9. The molecule has 6 aromatic carbocycles. The standard InChI is InChI=1S/C92H78/c1-13-25-67-37-68(26-14-2)44-79(43-67)85-55-86(80-45-69(27-15-3)38-70(46-80)28-16-4)57-87(56-85,81-47-71(29-17-5)39-72(48-81)30-18-6)63-91(61-85,62-86)92-64-88(82-49-73(31-19-7)40-74(50-82)32-20-8)58-89(65-92,83-51-75(33-21-9)41-76(52-83)34-22-10)60-90(59-88,66-92)84-53-77(35-23-11)42-78(54-84)36-24-12/h37-54H,55-66H2,1-12H3. The number of rotatable bonds is 7. The molecule has 0 amide bonds. The van der Waals surface area contributed by atoms with Gasteiger partial charge in [0.2, 0.25) is 0 Å². The molecule has 8 aliphatic rings. The molecule has 0 radical (unpaired) electrons. The van der Waals surface area contributed by atoms with Gasteiger partial charge in [0.05, 0.1) is 0 Å². The van der Waals surface area contributed by atoms with Crippen LogP contribution in [0.5, 0.6) is 0 Å². The first-order chi connectivity index (χ1) is 44.5. The molecule has 0 aliphatic heterocycles. The van der Waals surface area contributed by atoms with Crippen LogP contribution in [0.15, 0.2) is 109 Å². The molecular formula is C92H78. The Morgan fingerprint density at radius 1 is 0.163 bits per heavy atom. The average molecular weight is 1180 g/mol. The molecule has 8 saturated carbocycles. The second-order valence-corrected chi connectivity index (χ2v) is 27.7. The quantitative estimate of drug-likeness (QED) is 0.140. The van der Waals surface area contributed by atoms with E-state index in [1.807, 2.05) is 83.1 Å². The third-order valence-electron chi connectivity index (χ3n) is 21.8. The monoisotopic (exact) mass is 1180 g/mol. The fraction of sp³-hybridized carbons (Fsp3) is 0.348. The maximum Gasteiger partial charge on any atom is 0.0260 e. The van der Waals surface area contributed by atoms with E-state index in [4.69, 9.17) is 0 Å². The summed E-state index contributed by atoms with van der Waals surface area (Å²) < 4.78 is 0. The Balaban J connectivity index is 1.29. The van der Waals surface area contributed by atoms with Gasteiger partial charge in [-0.3, -0.25) is 0 Å². The van der Waals surface area contributed by atoms with Gasteiger partial charge in [-0.25, -0.2) is 0 Å². The highest BCUT2D eigenvalue weighted by Gasteiger charge is 2.79. The SMILES string of the molecule is CC#Cc1cc(C#CC)cc(C23CC4(c5cc(C#CC)cc(C#CC)c5)CC(c5cc(C#CC)cc(C#CC)c5)(C2)CC(C25CC6(c7cc(C#CC)cc(C#CC)c7)CC(c7cc(C#CC)cc(C#CC)c7)(CC(c7cc(C#CC)cc(C#CC)c7)(C6)C2)C5)(C3)C4)c1. The van der Waals surface area contributed by atoms with Crippen molar-refractivity contribution in [1.82, 2.24) is 0 Å². The molecule has 0 heteroatoms. The van der Waals surface area contributed by atoms with Crippen molar-refractivity contribution in [3.05, 3.63) is 209 Å². The fourth-order valence-electron chi connectivity index (χ4n) is 20.4. The first-order valence-corrected chi connectivity index (χ1v) is 32.6. The Labute approximate surface area is 551 Å². The maximum atomic E-state index is 3.58. The summed E-state index contributed by atoms with van der Waals surface area (Å²) >= 11 is 0. The lowest BCUT2D eigenvalue weighted by molar-refractivity contribution is -0.237. The van der Waals surface area contributed by atoms with Crippen LogP contribution in [0, 0.1) is 153 Å². The molecule has 446 valence electrons. The minimum absolute atomic E-state index is 0.313. The predicted molar refractivity (Wildman–Crippen MR) is 380 cm³/mol. The van der Waals surface area contributed by atoms with E-state index in [0.29, 0.717) is 0 Å². The van der Waals surface area contributed by atoms with Crippen LogP contribution in [0.25, 0.3) is 0 Å². The maximum absolute atomic E-state index is 3.58. The highest BCUT2D eigenvalue weighted by Crippen LogP contribution is 2.86. The number of hydrogen-bond donors (Lipinski definition) is 0. The molecule has 8 aliphatic carbocycles. The summed E-state index contributed by atoms with van der Waals surface area (Å²) in [7, 11) is 0. The van der Waals surface area contributed by atoms with E-state index >= 15 is 0 Å². The van der Waals surface area contributed by atoms with Crippen LogP contribution in [-0.2, 0) is 32.5 Å². The Bertz CT molecular complexity index is 3910. The average Bonchev–Trinajstić information content (AvgIpc) is 0.640. The first-order valence-electron chi connectivity index (χ1n) is 32.6. The normalized spacial score (nSPS) is 26.3. The minimum atomic E-state index is -0.366. The third-order valence-corrected chi connectivity index (χ3v) is 21.8. The van der Waals surface area contributed by atoms with Crippen molar-refractivity contribution in [2.45, 2.75) is 193 Å². The van der Waals surface area contributed by atoms with E-state index in [1.165, 1.54) is 33.4 Å². The predicted octanol–water partition coefficient (Wildman–Crippen LogP) is 17.8. The van der Waals surface area contributed by atoms with Crippen molar-refractivity contribution in [3.8, 4) is 142 Å². The largest absolute Gasteiger partial charge is 0.101 e. The molecule has 0 heterocycles. The molecule has 0 unspecified atom stereocenters. The van der Waals surface area contributed by atoms with Gasteiger partial charge in [0.25, 0.3) is 0 Å². The first kappa shape index (κ1) is 62.2. The lowest BCUT2D eigenvalue weighted by Gasteiger charge is -2.81. The zero-order valence-electron chi connectivity index (χ0n) is 55.9. The fourth-order valence-corrected chi connectivity index (χ4v) is 20.4. The summed E-state index contributed by atoms with van der Waals surface area (Å²) in [6.07, 6.45) is 11.7. The van der Waals surface area contributed by atoms with Crippen molar-refractivity contribution in [2.75, 3.05) is 0 Å². The number of hydrogen-bond acceptors (Lipinski definition) is 0. The summed E-state index contributed by atoms with van der Waals surface area (Å²) in [5, 5.41) is 0. The van der Waals surface area contributed by atoms with E-state index in [0.717, 1.165) is 144 Å². The summed E-state index contributed by atoms with van der Waals surface area (Å²) in [6.45, 7) is 23.4. The Morgan fingerprint density at radius 2 is 0.272 bits per heavy atom. The van der Waals surface area contributed by atoms with Crippen molar-refractivity contribution >= 4 is 0 Å². The minimum Gasteiger partial charge on any atom is -0.101 e. The van der Waals surface area contributed by atoms with E-state index in [9.17, 15) is 0 Å². The van der Waals surface area contributed by atoms with Crippen molar-refractivity contribution in [3.63, 3.8) is 0 Å².